The molecule has 0 atom stereocenters. The first-order chi connectivity index (χ1) is 16.1. The van der Waals surface area contributed by atoms with E-state index in [4.69, 9.17) is 9.78 Å². The van der Waals surface area contributed by atoms with E-state index in [-0.39, 0.29) is 12.5 Å². The van der Waals surface area contributed by atoms with Crippen LogP contribution < -0.4 is 5.32 Å². The minimum Gasteiger partial charge on any atom is -0.376 e. The molecule has 2 heterocycles. The highest BCUT2D eigenvalue weighted by Crippen LogP contribution is 2.17. The van der Waals surface area contributed by atoms with Gasteiger partial charge in [-0.3, -0.25) is 9.69 Å². The van der Waals surface area contributed by atoms with Crippen molar-refractivity contribution in [2.45, 2.75) is 19.8 Å². The molecule has 0 radical (unpaired) electrons. The van der Waals surface area contributed by atoms with Gasteiger partial charge in [-0.1, -0.05) is 35.0 Å². The molecule has 0 unspecified atom stereocenters. The third kappa shape index (κ3) is 6.18. The Hall–Kier alpha value is -3.70. The van der Waals surface area contributed by atoms with Crippen molar-refractivity contribution in [3.05, 3.63) is 65.5 Å². The van der Waals surface area contributed by atoms with Gasteiger partial charge in [-0.2, -0.15) is 10.2 Å². The molecule has 1 fully saturated rings. The third-order valence-corrected chi connectivity index (χ3v) is 5.83. The number of nitrogens with zero attached hydrogens (tertiary/aromatic N) is 5. The lowest BCUT2D eigenvalue weighted by Gasteiger charge is -2.34. The molecule has 1 saturated heterocycles. The third-order valence-electron chi connectivity index (χ3n) is 5.83. The number of amides is 1. The Bertz CT molecular complexity index is 1090. The van der Waals surface area contributed by atoms with Gasteiger partial charge in [0, 0.05) is 43.9 Å². The minimum atomic E-state index is 0.0912. The largest absolute Gasteiger partial charge is 0.376 e. The van der Waals surface area contributed by atoms with Crippen molar-refractivity contribution in [3.63, 3.8) is 0 Å². The molecule has 1 N–H and O–H groups in total. The summed E-state index contributed by atoms with van der Waals surface area (Å²) in [4.78, 5) is 21.3. The molecule has 8 heteroatoms. The zero-order valence-corrected chi connectivity index (χ0v) is 18.8. The van der Waals surface area contributed by atoms with E-state index < -0.39 is 0 Å². The molecule has 1 aromatic heterocycles. The molecular weight excluding hydrogens is 416 g/mol. The fourth-order valence-electron chi connectivity index (χ4n) is 3.80. The molecule has 0 bridgehead atoms. The highest BCUT2D eigenvalue weighted by Gasteiger charge is 2.20. The van der Waals surface area contributed by atoms with E-state index in [1.165, 1.54) is 5.56 Å². The van der Waals surface area contributed by atoms with E-state index in [0.29, 0.717) is 17.3 Å². The van der Waals surface area contributed by atoms with Crippen LogP contribution in [0.4, 0.5) is 5.69 Å². The summed E-state index contributed by atoms with van der Waals surface area (Å²) in [6.45, 7) is 6.43. The highest BCUT2D eigenvalue weighted by atomic mass is 16.5. The van der Waals surface area contributed by atoms with Crippen molar-refractivity contribution >= 4 is 11.6 Å². The van der Waals surface area contributed by atoms with Crippen LogP contribution >= 0.6 is 0 Å². The van der Waals surface area contributed by atoms with Gasteiger partial charge in [0.15, 0.2) is 0 Å². The summed E-state index contributed by atoms with van der Waals surface area (Å²) >= 11 is 0. The normalized spacial score (nSPS) is 14.1. The highest BCUT2D eigenvalue weighted by molar-refractivity contribution is 5.81. The average Bonchev–Trinajstić information content (AvgIpc) is 3.32. The molecule has 3 aromatic rings. The van der Waals surface area contributed by atoms with Crippen LogP contribution in [0.1, 0.15) is 23.4 Å². The Labute approximate surface area is 193 Å². The summed E-state index contributed by atoms with van der Waals surface area (Å²) in [6.07, 6.45) is 1.68. The van der Waals surface area contributed by atoms with Crippen molar-refractivity contribution in [1.82, 2.24) is 19.9 Å². The van der Waals surface area contributed by atoms with Crippen molar-refractivity contribution in [1.29, 1.82) is 5.26 Å². The second kappa shape index (κ2) is 10.7. The molecule has 170 valence electrons. The molecule has 8 nitrogen and oxygen atoms in total. The lowest BCUT2D eigenvalue weighted by Crippen LogP contribution is -2.50. The zero-order chi connectivity index (χ0) is 23.0. The molecule has 33 heavy (non-hydrogen) atoms. The number of aryl methyl sites for hydroxylation is 2. The number of aromatic nitrogens is 2. The van der Waals surface area contributed by atoms with Crippen molar-refractivity contribution in [2.75, 3.05) is 44.6 Å². The Morgan fingerprint density at radius 1 is 1.09 bits per heavy atom. The molecule has 0 spiro atoms. The Morgan fingerprint density at radius 2 is 1.82 bits per heavy atom. The van der Waals surface area contributed by atoms with E-state index >= 15 is 0 Å². The van der Waals surface area contributed by atoms with Crippen molar-refractivity contribution in [2.24, 2.45) is 0 Å². The predicted molar refractivity (Wildman–Crippen MR) is 125 cm³/mol. The quantitative estimate of drug-likeness (QED) is 0.570. The predicted octanol–water partition coefficient (Wildman–Crippen LogP) is 3.11. The maximum Gasteiger partial charge on any atom is 0.241 e. The number of rotatable bonds is 8. The number of hydrogen-bond donors (Lipinski definition) is 1. The first kappa shape index (κ1) is 22.5. The summed E-state index contributed by atoms with van der Waals surface area (Å²) < 4.78 is 5.41. The maximum atomic E-state index is 12.5. The molecule has 1 amide bonds. The van der Waals surface area contributed by atoms with Crippen molar-refractivity contribution < 1.29 is 9.32 Å². The molecule has 2 aromatic carbocycles. The van der Waals surface area contributed by atoms with Crippen molar-refractivity contribution in [3.8, 4) is 17.5 Å². The first-order valence-electron chi connectivity index (χ1n) is 11.2. The van der Waals surface area contributed by atoms with Gasteiger partial charge in [-0.05, 0) is 44.2 Å². The standard InChI is InChI=1S/C25H28N6O2/c1-19-4-8-21(9-5-19)25-28-23(33-29-25)3-2-12-30-13-15-31(16-14-30)24(32)18-27-22-10-6-20(17-26)7-11-22/h4-11,27H,2-3,12-16,18H2,1H3. The number of benzene rings is 2. The van der Waals surface area contributed by atoms with E-state index in [9.17, 15) is 4.79 Å². The van der Waals surface area contributed by atoms with Gasteiger partial charge in [0.25, 0.3) is 0 Å². The second-order valence-electron chi connectivity index (χ2n) is 8.25. The first-order valence-corrected chi connectivity index (χ1v) is 11.2. The number of carbonyl (C=O) groups is 1. The molecular formula is C25H28N6O2. The lowest BCUT2D eigenvalue weighted by molar-refractivity contribution is -0.131. The molecule has 0 aliphatic carbocycles. The van der Waals surface area contributed by atoms with Crippen LogP contribution in [-0.4, -0.2) is 65.1 Å². The molecule has 0 saturated carbocycles. The number of nitriles is 1. The summed E-state index contributed by atoms with van der Waals surface area (Å²) in [6, 6.07) is 17.3. The SMILES string of the molecule is Cc1ccc(-c2noc(CCCN3CCN(C(=O)CNc4ccc(C#N)cc4)CC3)n2)cc1. The molecule has 4 rings (SSSR count). The smallest absolute Gasteiger partial charge is 0.241 e. The van der Waals surface area contributed by atoms with E-state index in [2.05, 4.69) is 33.4 Å². The fraction of sp³-hybridized carbons (Fsp3) is 0.360. The van der Waals surface area contributed by atoms with E-state index in [1.54, 1.807) is 12.1 Å². The maximum absolute atomic E-state index is 12.5. The molecule has 1 aliphatic heterocycles. The van der Waals surface area contributed by atoms with E-state index in [1.807, 2.05) is 41.3 Å². The Balaban J connectivity index is 1.15. The van der Waals surface area contributed by atoms with Crippen LogP contribution in [-0.2, 0) is 11.2 Å². The van der Waals surface area contributed by atoms with Crippen LogP contribution in [0.5, 0.6) is 0 Å². The van der Waals surface area contributed by atoms with Crippen LogP contribution in [0.3, 0.4) is 0 Å². The van der Waals surface area contributed by atoms with Gasteiger partial charge in [0.2, 0.25) is 17.6 Å². The molecule has 1 aliphatic rings. The number of nitrogens with one attached hydrogen (secondary N) is 1. The van der Waals surface area contributed by atoms with Gasteiger partial charge in [0.05, 0.1) is 18.2 Å². The van der Waals surface area contributed by atoms with E-state index in [0.717, 1.165) is 56.8 Å². The second-order valence-corrected chi connectivity index (χ2v) is 8.25. The Kier molecular flexibility index (Phi) is 7.33. The number of anilines is 1. The summed E-state index contributed by atoms with van der Waals surface area (Å²) in [7, 11) is 0. The van der Waals surface area contributed by atoms with Gasteiger partial charge in [-0.25, -0.2) is 0 Å². The van der Waals surface area contributed by atoms with Gasteiger partial charge < -0.3 is 14.7 Å². The van der Waals surface area contributed by atoms with Crippen LogP contribution in [0.15, 0.2) is 53.1 Å². The summed E-state index contributed by atoms with van der Waals surface area (Å²) in [5, 5.41) is 16.1. The topological polar surface area (TPSA) is 98.3 Å². The summed E-state index contributed by atoms with van der Waals surface area (Å²) in [5.41, 5.74) is 3.61. The van der Waals surface area contributed by atoms with Crippen LogP contribution in [0, 0.1) is 18.3 Å². The number of carbonyl (C=O) groups excluding carboxylic acids is 1. The number of hydrogen-bond acceptors (Lipinski definition) is 7. The zero-order valence-electron chi connectivity index (χ0n) is 18.8. The van der Waals surface area contributed by atoms with Crippen LogP contribution in [0.25, 0.3) is 11.4 Å². The fourth-order valence-corrected chi connectivity index (χ4v) is 3.80. The Morgan fingerprint density at radius 3 is 2.52 bits per heavy atom. The lowest BCUT2D eigenvalue weighted by atomic mass is 10.1. The number of piperazine rings is 1. The van der Waals surface area contributed by atoms with Gasteiger partial charge in [0.1, 0.15) is 0 Å². The monoisotopic (exact) mass is 444 g/mol. The van der Waals surface area contributed by atoms with Crippen LogP contribution in [0.2, 0.25) is 0 Å². The van der Waals surface area contributed by atoms with Gasteiger partial charge in [-0.15, -0.1) is 0 Å². The minimum absolute atomic E-state index is 0.0912. The summed E-state index contributed by atoms with van der Waals surface area (Å²) in [5.74, 6) is 1.38. The average molecular weight is 445 g/mol. The van der Waals surface area contributed by atoms with Gasteiger partial charge >= 0.3 is 0 Å².